The van der Waals surface area contributed by atoms with Gasteiger partial charge in [-0.15, -0.1) is 0 Å². The second-order valence-corrected chi connectivity index (χ2v) is 5.15. The van der Waals surface area contributed by atoms with E-state index in [-0.39, 0.29) is 17.9 Å². The standard InChI is InChI=1S/C13H26N4O2/c1-3-15-12(18)10-16-5-4-6-17(8-7-16)13(19)9-11(2)14/h11H,3-10,14H2,1-2H3,(H,15,18). The Morgan fingerprint density at radius 3 is 2.63 bits per heavy atom. The molecular formula is C13H26N4O2. The summed E-state index contributed by atoms with van der Waals surface area (Å²) in [6.45, 7) is 7.89. The highest BCUT2D eigenvalue weighted by atomic mass is 16.2. The largest absolute Gasteiger partial charge is 0.355 e. The lowest BCUT2D eigenvalue weighted by Crippen LogP contribution is -2.40. The van der Waals surface area contributed by atoms with Crippen molar-refractivity contribution in [3.8, 4) is 0 Å². The minimum atomic E-state index is -0.0952. The SMILES string of the molecule is CCNC(=O)CN1CCCN(C(=O)CC(C)N)CC1. The van der Waals surface area contributed by atoms with Gasteiger partial charge < -0.3 is 16.0 Å². The first kappa shape index (κ1) is 15.9. The Morgan fingerprint density at radius 2 is 2.00 bits per heavy atom. The van der Waals surface area contributed by atoms with Gasteiger partial charge >= 0.3 is 0 Å². The van der Waals surface area contributed by atoms with Crippen LogP contribution in [-0.2, 0) is 9.59 Å². The number of likely N-dealkylation sites (N-methyl/N-ethyl adjacent to an activating group) is 1. The van der Waals surface area contributed by atoms with Gasteiger partial charge in [-0.25, -0.2) is 0 Å². The highest BCUT2D eigenvalue weighted by Crippen LogP contribution is 2.05. The average Bonchev–Trinajstić information content (AvgIpc) is 2.54. The predicted molar refractivity (Wildman–Crippen MR) is 74.6 cm³/mol. The molecule has 0 radical (unpaired) electrons. The first-order valence-corrected chi connectivity index (χ1v) is 7.05. The van der Waals surface area contributed by atoms with Gasteiger partial charge in [0, 0.05) is 45.2 Å². The summed E-state index contributed by atoms with van der Waals surface area (Å²) in [4.78, 5) is 27.4. The molecule has 0 aromatic carbocycles. The lowest BCUT2D eigenvalue weighted by Gasteiger charge is -2.22. The molecule has 0 aromatic rings. The van der Waals surface area contributed by atoms with Crippen LogP contribution < -0.4 is 11.1 Å². The normalized spacial score (nSPS) is 18.8. The van der Waals surface area contributed by atoms with Gasteiger partial charge in [0.05, 0.1) is 6.54 Å². The summed E-state index contributed by atoms with van der Waals surface area (Å²) in [7, 11) is 0. The highest BCUT2D eigenvalue weighted by molar-refractivity contribution is 5.78. The number of hydrogen-bond donors (Lipinski definition) is 2. The Bertz CT molecular complexity index is 307. The molecule has 1 unspecified atom stereocenters. The number of amides is 2. The number of nitrogens with one attached hydrogen (secondary N) is 1. The highest BCUT2D eigenvalue weighted by Gasteiger charge is 2.20. The lowest BCUT2D eigenvalue weighted by molar-refractivity contribution is -0.131. The van der Waals surface area contributed by atoms with E-state index >= 15 is 0 Å². The Balaban J connectivity index is 2.38. The van der Waals surface area contributed by atoms with E-state index in [1.54, 1.807) is 0 Å². The summed E-state index contributed by atoms with van der Waals surface area (Å²) in [5.41, 5.74) is 5.65. The third-order valence-corrected chi connectivity index (χ3v) is 3.18. The van der Waals surface area contributed by atoms with Gasteiger partial charge in [0.25, 0.3) is 0 Å². The molecule has 1 saturated heterocycles. The van der Waals surface area contributed by atoms with Crippen LogP contribution in [-0.4, -0.2) is 66.9 Å². The maximum absolute atomic E-state index is 11.9. The second kappa shape index (κ2) is 8.12. The molecule has 0 spiro atoms. The van der Waals surface area contributed by atoms with Crippen molar-refractivity contribution in [2.75, 3.05) is 39.3 Å². The zero-order valence-corrected chi connectivity index (χ0v) is 12.0. The third-order valence-electron chi connectivity index (χ3n) is 3.18. The molecule has 1 heterocycles. The molecule has 6 heteroatoms. The molecule has 110 valence electrons. The van der Waals surface area contributed by atoms with E-state index in [2.05, 4.69) is 10.2 Å². The van der Waals surface area contributed by atoms with E-state index in [1.165, 1.54) is 0 Å². The fraction of sp³-hybridized carbons (Fsp3) is 0.846. The average molecular weight is 270 g/mol. The summed E-state index contributed by atoms with van der Waals surface area (Å²) in [6, 6.07) is -0.0952. The van der Waals surface area contributed by atoms with E-state index in [0.29, 0.717) is 26.1 Å². The molecule has 1 rings (SSSR count). The second-order valence-electron chi connectivity index (χ2n) is 5.15. The van der Waals surface area contributed by atoms with E-state index in [0.717, 1.165) is 26.1 Å². The molecule has 19 heavy (non-hydrogen) atoms. The van der Waals surface area contributed by atoms with Crippen molar-refractivity contribution >= 4 is 11.8 Å². The molecule has 0 aromatic heterocycles. The molecule has 0 saturated carbocycles. The fourth-order valence-corrected chi connectivity index (χ4v) is 2.24. The Kier molecular flexibility index (Phi) is 6.80. The topological polar surface area (TPSA) is 78.7 Å². The van der Waals surface area contributed by atoms with Crippen molar-refractivity contribution in [1.82, 2.24) is 15.1 Å². The monoisotopic (exact) mass is 270 g/mol. The van der Waals surface area contributed by atoms with Gasteiger partial charge in [-0.3, -0.25) is 14.5 Å². The first-order valence-electron chi connectivity index (χ1n) is 7.05. The van der Waals surface area contributed by atoms with Gasteiger partial charge in [-0.2, -0.15) is 0 Å². The molecule has 0 bridgehead atoms. The van der Waals surface area contributed by atoms with E-state index in [9.17, 15) is 9.59 Å². The van der Waals surface area contributed by atoms with Crippen LogP contribution >= 0.6 is 0 Å². The Morgan fingerprint density at radius 1 is 1.26 bits per heavy atom. The number of hydrogen-bond acceptors (Lipinski definition) is 4. The Labute approximate surface area is 115 Å². The molecule has 2 amide bonds. The van der Waals surface area contributed by atoms with Crippen LogP contribution in [0.1, 0.15) is 26.7 Å². The van der Waals surface area contributed by atoms with Crippen LogP contribution in [0, 0.1) is 0 Å². The van der Waals surface area contributed by atoms with Crippen LogP contribution in [0.3, 0.4) is 0 Å². The van der Waals surface area contributed by atoms with Gasteiger partial charge in [0.15, 0.2) is 0 Å². The van der Waals surface area contributed by atoms with E-state index in [4.69, 9.17) is 5.73 Å². The van der Waals surface area contributed by atoms with Gasteiger partial charge in [0.1, 0.15) is 0 Å². The van der Waals surface area contributed by atoms with Crippen molar-refractivity contribution < 1.29 is 9.59 Å². The number of carbonyl (C=O) groups is 2. The van der Waals surface area contributed by atoms with Crippen molar-refractivity contribution in [2.45, 2.75) is 32.7 Å². The number of nitrogens with two attached hydrogens (primary N) is 1. The smallest absolute Gasteiger partial charge is 0.234 e. The molecule has 1 aliphatic heterocycles. The molecular weight excluding hydrogens is 244 g/mol. The predicted octanol–water partition coefficient (Wildman–Crippen LogP) is -0.606. The number of rotatable bonds is 5. The van der Waals surface area contributed by atoms with Crippen molar-refractivity contribution in [3.63, 3.8) is 0 Å². The molecule has 1 aliphatic rings. The summed E-state index contributed by atoms with van der Waals surface area (Å²) in [6.07, 6.45) is 1.31. The van der Waals surface area contributed by atoms with Crippen molar-refractivity contribution in [1.29, 1.82) is 0 Å². The van der Waals surface area contributed by atoms with Gasteiger partial charge in [-0.05, 0) is 20.3 Å². The van der Waals surface area contributed by atoms with Crippen LogP contribution in [0.15, 0.2) is 0 Å². The zero-order chi connectivity index (χ0) is 14.3. The minimum absolute atomic E-state index is 0.0536. The summed E-state index contributed by atoms with van der Waals surface area (Å²) < 4.78 is 0. The molecule has 1 atom stereocenters. The molecule has 6 nitrogen and oxygen atoms in total. The number of carbonyl (C=O) groups excluding carboxylic acids is 2. The first-order chi connectivity index (χ1) is 9.02. The van der Waals surface area contributed by atoms with Gasteiger partial charge in [0.2, 0.25) is 11.8 Å². The molecule has 3 N–H and O–H groups in total. The summed E-state index contributed by atoms with van der Waals surface area (Å²) in [5.74, 6) is 0.174. The number of nitrogens with zero attached hydrogens (tertiary/aromatic N) is 2. The quantitative estimate of drug-likeness (QED) is 0.699. The van der Waals surface area contributed by atoms with Gasteiger partial charge in [-0.1, -0.05) is 0 Å². The van der Waals surface area contributed by atoms with E-state index < -0.39 is 0 Å². The maximum Gasteiger partial charge on any atom is 0.234 e. The zero-order valence-electron chi connectivity index (χ0n) is 12.0. The van der Waals surface area contributed by atoms with E-state index in [1.807, 2.05) is 18.7 Å². The third kappa shape index (κ3) is 6.02. The van der Waals surface area contributed by atoms with Crippen molar-refractivity contribution in [3.05, 3.63) is 0 Å². The van der Waals surface area contributed by atoms with Crippen molar-refractivity contribution in [2.24, 2.45) is 5.73 Å². The van der Waals surface area contributed by atoms with Crippen LogP contribution in [0.5, 0.6) is 0 Å². The van der Waals surface area contributed by atoms with Crippen LogP contribution in [0.4, 0.5) is 0 Å². The fourth-order valence-electron chi connectivity index (χ4n) is 2.24. The molecule has 1 fully saturated rings. The Hall–Kier alpha value is -1.14. The summed E-state index contributed by atoms with van der Waals surface area (Å²) in [5, 5.41) is 2.80. The van der Waals surface area contributed by atoms with Crippen LogP contribution in [0.25, 0.3) is 0 Å². The molecule has 0 aliphatic carbocycles. The lowest BCUT2D eigenvalue weighted by atomic mass is 10.2. The van der Waals surface area contributed by atoms with Crippen LogP contribution in [0.2, 0.25) is 0 Å². The summed E-state index contributed by atoms with van der Waals surface area (Å²) >= 11 is 0. The minimum Gasteiger partial charge on any atom is -0.355 e. The maximum atomic E-state index is 11.9.